The maximum absolute atomic E-state index is 13.4. The Hall–Kier alpha value is -3.89. The number of ketones is 1. The van der Waals surface area contributed by atoms with Crippen molar-refractivity contribution < 1.29 is 9.72 Å². The number of nitro groups is 1. The lowest BCUT2D eigenvalue weighted by molar-refractivity contribution is -0.384. The molecular weight excluding hydrogens is 460 g/mol. The smallest absolute Gasteiger partial charge is 0.275 e. The quantitative estimate of drug-likeness (QED) is 0.217. The van der Waals surface area contributed by atoms with Gasteiger partial charge in [-0.2, -0.15) is 0 Å². The van der Waals surface area contributed by atoms with Crippen LogP contribution in [0.2, 0.25) is 0 Å². The molecule has 0 N–H and O–H groups in total. The number of hydrogen-bond donors (Lipinski definition) is 0. The molecule has 10 heteroatoms. The van der Waals surface area contributed by atoms with Crippen LogP contribution >= 0.6 is 22.7 Å². The molecular formula is C23H16N4O4S2. The van der Waals surface area contributed by atoms with E-state index in [1.54, 1.807) is 17.2 Å². The zero-order valence-corrected chi connectivity index (χ0v) is 19.1. The molecule has 0 aliphatic heterocycles. The molecule has 0 radical (unpaired) electrons. The Labute approximate surface area is 194 Å². The summed E-state index contributed by atoms with van der Waals surface area (Å²) in [5, 5.41) is 11.7. The molecule has 33 heavy (non-hydrogen) atoms. The molecule has 0 aliphatic carbocycles. The second-order valence-corrected chi connectivity index (χ2v) is 9.63. The largest absolute Gasteiger partial charge is 0.382 e. The lowest BCUT2D eigenvalue weighted by atomic mass is 10.1. The molecule has 164 valence electrons. The van der Waals surface area contributed by atoms with Crippen LogP contribution in [0.5, 0.6) is 0 Å². The first-order valence-electron chi connectivity index (χ1n) is 9.85. The number of carbonyl (C=O) groups excluding carboxylic acids is 1. The van der Waals surface area contributed by atoms with Gasteiger partial charge in [-0.05, 0) is 30.3 Å². The Kier molecular flexibility index (Phi) is 5.03. The van der Waals surface area contributed by atoms with Gasteiger partial charge in [0.2, 0.25) is 5.78 Å². The average molecular weight is 477 g/mol. The van der Waals surface area contributed by atoms with Crippen molar-refractivity contribution in [3.63, 3.8) is 0 Å². The zero-order chi connectivity index (χ0) is 23.3. The lowest BCUT2D eigenvalue weighted by Crippen LogP contribution is -2.27. The number of aromatic nitrogens is 2. The van der Waals surface area contributed by atoms with Crippen molar-refractivity contribution in [2.24, 2.45) is 0 Å². The number of thiazole rings is 2. The van der Waals surface area contributed by atoms with Crippen molar-refractivity contribution in [2.45, 2.75) is 0 Å². The van der Waals surface area contributed by atoms with E-state index >= 15 is 0 Å². The summed E-state index contributed by atoms with van der Waals surface area (Å²) in [4.78, 5) is 44.2. The predicted molar refractivity (Wildman–Crippen MR) is 130 cm³/mol. The first-order valence-corrected chi connectivity index (χ1v) is 11.5. The fraction of sp³-hybridized carbons (Fsp3) is 0.0870. The lowest BCUT2D eigenvalue weighted by Gasteiger charge is -2.01. The van der Waals surface area contributed by atoms with Crippen molar-refractivity contribution in [1.29, 1.82) is 0 Å². The third-order valence-corrected chi connectivity index (χ3v) is 7.21. The molecule has 5 aromatic rings. The molecule has 0 spiro atoms. The highest BCUT2D eigenvalue weighted by atomic mass is 32.1. The Morgan fingerprint density at radius 2 is 1.85 bits per heavy atom. The van der Waals surface area contributed by atoms with Crippen LogP contribution in [0.25, 0.3) is 31.8 Å². The highest BCUT2D eigenvalue weighted by Crippen LogP contribution is 2.35. The molecule has 0 saturated heterocycles. The molecule has 0 amide bonds. The third-order valence-electron chi connectivity index (χ3n) is 5.05. The number of nitrogens with zero attached hydrogens (tertiary/aromatic N) is 4. The fourth-order valence-electron chi connectivity index (χ4n) is 3.56. The number of nitro benzene ring substituents is 1. The van der Waals surface area contributed by atoms with Gasteiger partial charge in [-0.1, -0.05) is 12.1 Å². The van der Waals surface area contributed by atoms with Crippen molar-refractivity contribution in [3.8, 4) is 10.6 Å². The Morgan fingerprint density at radius 3 is 2.52 bits per heavy atom. The summed E-state index contributed by atoms with van der Waals surface area (Å²) in [6, 6.07) is 14.8. The highest BCUT2D eigenvalue weighted by molar-refractivity contribution is 7.22. The van der Waals surface area contributed by atoms with E-state index in [0.29, 0.717) is 19.9 Å². The van der Waals surface area contributed by atoms with Crippen LogP contribution in [0.1, 0.15) is 16.1 Å². The molecule has 0 aliphatic rings. The van der Waals surface area contributed by atoms with Gasteiger partial charge in [0.1, 0.15) is 14.4 Å². The van der Waals surface area contributed by atoms with E-state index in [1.165, 1.54) is 51.3 Å². The van der Waals surface area contributed by atoms with E-state index in [4.69, 9.17) is 4.98 Å². The first kappa shape index (κ1) is 21.0. The van der Waals surface area contributed by atoms with E-state index in [9.17, 15) is 19.7 Å². The minimum absolute atomic E-state index is 0.107. The summed E-state index contributed by atoms with van der Waals surface area (Å²) in [7, 11) is 3.65. The zero-order valence-electron chi connectivity index (χ0n) is 17.5. The van der Waals surface area contributed by atoms with E-state index < -0.39 is 10.7 Å². The predicted octanol–water partition coefficient (Wildman–Crippen LogP) is 3.80. The standard InChI is InChI=1S/C23H16N4O4S2/c1-25(2)12-19-22(29)26-17(20(28)13-7-9-14(10-8-13)27(30)31)11-15(23(26)33-19)21-24-16-5-3-4-6-18(16)32-21/h3-12H,1-2H3. The SMILES string of the molecule is CN(C)C=c1sc2c(-c3nc4ccccc4s3)cc(C(=O)c3ccc([N+](=O)[O-])cc3)n2c1=O. The van der Waals surface area contributed by atoms with E-state index in [0.717, 1.165) is 10.2 Å². The van der Waals surface area contributed by atoms with Crippen LogP contribution < -0.4 is 10.1 Å². The topological polar surface area (TPSA) is 97.8 Å². The van der Waals surface area contributed by atoms with Crippen molar-refractivity contribution in [2.75, 3.05) is 14.1 Å². The van der Waals surface area contributed by atoms with Gasteiger partial charge in [0, 0.05) is 43.6 Å². The van der Waals surface area contributed by atoms with Crippen LogP contribution in [0.4, 0.5) is 5.69 Å². The van der Waals surface area contributed by atoms with Crippen molar-refractivity contribution >= 4 is 55.4 Å². The van der Waals surface area contributed by atoms with E-state index in [2.05, 4.69) is 0 Å². The normalized spacial score (nSPS) is 12.0. The van der Waals surface area contributed by atoms with Gasteiger partial charge in [0.05, 0.1) is 20.8 Å². The van der Waals surface area contributed by atoms with Gasteiger partial charge in [0.15, 0.2) is 0 Å². The Morgan fingerprint density at radius 1 is 1.12 bits per heavy atom. The number of rotatable bonds is 5. The molecule has 2 aromatic carbocycles. The molecule has 0 saturated carbocycles. The van der Waals surface area contributed by atoms with Gasteiger partial charge in [-0.3, -0.25) is 24.1 Å². The molecule has 0 fully saturated rings. The highest BCUT2D eigenvalue weighted by Gasteiger charge is 2.24. The maximum atomic E-state index is 13.4. The second-order valence-electron chi connectivity index (χ2n) is 7.57. The van der Waals surface area contributed by atoms with Crippen LogP contribution in [0.3, 0.4) is 0 Å². The minimum Gasteiger partial charge on any atom is -0.382 e. The molecule has 3 heterocycles. The van der Waals surface area contributed by atoms with Crippen LogP contribution in [-0.4, -0.2) is 39.1 Å². The summed E-state index contributed by atoms with van der Waals surface area (Å²) in [6.07, 6.45) is 1.72. The van der Waals surface area contributed by atoms with Crippen LogP contribution in [-0.2, 0) is 0 Å². The number of carbonyl (C=O) groups is 1. The van der Waals surface area contributed by atoms with Crippen molar-refractivity contribution in [3.05, 3.63) is 90.9 Å². The van der Waals surface area contributed by atoms with Gasteiger partial charge < -0.3 is 4.90 Å². The summed E-state index contributed by atoms with van der Waals surface area (Å²) in [5.41, 5.74) is 1.62. The average Bonchev–Trinajstić information content (AvgIpc) is 3.46. The number of non-ortho nitro benzene ring substituents is 1. The monoisotopic (exact) mass is 476 g/mol. The van der Waals surface area contributed by atoms with Gasteiger partial charge in [-0.15, -0.1) is 22.7 Å². The Balaban J connectivity index is 1.74. The number of para-hydroxylation sites is 1. The number of benzene rings is 2. The molecule has 0 unspecified atom stereocenters. The van der Waals surface area contributed by atoms with Gasteiger partial charge >= 0.3 is 0 Å². The summed E-state index contributed by atoms with van der Waals surface area (Å²) in [5.74, 6) is -0.390. The van der Waals surface area contributed by atoms with Crippen LogP contribution in [0, 0.1) is 10.1 Å². The summed E-state index contributed by atoms with van der Waals surface area (Å²) in [6.45, 7) is 0. The van der Waals surface area contributed by atoms with Crippen LogP contribution in [0.15, 0.2) is 59.4 Å². The number of fused-ring (bicyclic) bond motifs is 2. The molecule has 0 atom stereocenters. The summed E-state index contributed by atoms with van der Waals surface area (Å²) >= 11 is 2.80. The maximum Gasteiger partial charge on any atom is 0.275 e. The van der Waals surface area contributed by atoms with Crippen molar-refractivity contribution in [1.82, 2.24) is 14.3 Å². The first-order chi connectivity index (χ1) is 15.8. The Bertz CT molecular complexity index is 1630. The van der Waals surface area contributed by atoms with Gasteiger partial charge in [-0.25, -0.2) is 4.98 Å². The molecule has 5 rings (SSSR count). The fourth-order valence-corrected chi connectivity index (χ4v) is 5.80. The van der Waals surface area contributed by atoms with Gasteiger partial charge in [0.25, 0.3) is 11.2 Å². The number of hydrogen-bond acceptors (Lipinski definition) is 8. The third kappa shape index (κ3) is 3.59. The molecule has 0 bridgehead atoms. The van der Waals surface area contributed by atoms with E-state index in [1.807, 2.05) is 38.4 Å². The summed E-state index contributed by atoms with van der Waals surface area (Å²) < 4.78 is 2.93. The van der Waals surface area contributed by atoms with E-state index in [-0.39, 0.29) is 22.5 Å². The molecule has 3 aromatic heterocycles. The second kappa shape index (κ2) is 7.91. The molecule has 8 nitrogen and oxygen atoms in total. The minimum atomic E-state index is -0.521.